The van der Waals surface area contributed by atoms with Crippen molar-refractivity contribution in [2.45, 2.75) is 38.1 Å². The lowest BCUT2D eigenvalue weighted by molar-refractivity contribution is 0.154. The number of hydrogen-bond acceptors (Lipinski definition) is 5. The molecule has 4 rings (SSSR count). The van der Waals surface area contributed by atoms with Crippen LogP contribution in [0.2, 0.25) is 0 Å². The van der Waals surface area contributed by atoms with E-state index in [0.29, 0.717) is 0 Å². The van der Waals surface area contributed by atoms with Crippen LogP contribution in [-0.2, 0) is 4.74 Å². The van der Waals surface area contributed by atoms with Gasteiger partial charge in [-0.2, -0.15) is 0 Å². The van der Waals surface area contributed by atoms with Crippen LogP contribution >= 0.6 is 0 Å². The third kappa shape index (κ3) is 4.14. The molecule has 4 aliphatic rings. The molecule has 25 heavy (non-hydrogen) atoms. The second-order valence-corrected chi connectivity index (χ2v) is 8.00. The SMILES string of the molecule is COC1=C(N2CCCN(C3CCNCC3)CC2)N(CC2CC2)CC=C1. The molecule has 0 radical (unpaired) electrons. The van der Waals surface area contributed by atoms with Gasteiger partial charge < -0.3 is 19.9 Å². The fourth-order valence-corrected chi connectivity index (χ4v) is 4.58. The molecule has 5 nitrogen and oxygen atoms in total. The number of nitrogens with one attached hydrogen (secondary N) is 1. The molecule has 0 amide bonds. The van der Waals surface area contributed by atoms with E-state index in [9.17, 15) is 0 Å². The fourth-order valence-electron chi connectivity index (χ4n) is 4.58. The smallest absolute Gasteiger partial charge is 0.158 e. The summed E-state index contributed by atoms with van der Waals surface area (Å²) in [6.07, 6.45) is 11.1. The van der Waals surface area contributed by atoms with Crippen LogP contribution in [0.5, 0.6) is 0 Å². The zero-order chi connectivity index (χ0) is 17.1. The Bertz CT molecular complexity index is 508. The largest absolute Gasteiger partial charge is 0.493 e. The van der Waals surface area contributed by atoms with E-state index in [1.54, 1.807) is 0 Å². The Hall–Kier alpha value is -1.20. The lowest BCUT2D eigenvalue weighted by atomic mass is 10.0. The highest BCUT2D eigenvalue weighted by atomic mass is 16.5. The summed E-state index contributed by atoms with van der Waals surface area (Å²) in [4.78, 5) is 7.92. The van der Waals surface area contributed by atoms with Crippen LogP contribution in [0.4, 0.5) is 0 Å². The molecule has 0 aromatic carbocycles. The number of piperidine rings is 1. The van der Waals surface area contributed by atoms with Gasteiger partial charge in [0.2, 0.25) is 0 Å². The summed E-state index contributed by atoms with van der Waals surface area (Å²) in [5, 5.41) is 3.50. The third-order valence-electron chi connectivity index (χ3n) is 6.17. The highest BCUT2D eigenvalue weighted by Crippen LogP contribution is 2.33. The van der Waals surface area contributed by atoms with Gasteiger partial charge in [-0.1, -0.05) is 6.08 Å². The molecule has 1 aliphatic carbocycles. The maximum atomic E-state index is 5.76. The predicted molar refractivity (Wildman–Crippen MR) is 101 cm³/mol. The van der Waals surface area contributed by atoms with Crippen molar-refractivity contribution in [1.82, 2.24) is 20.0 Å². The van der Waals surface area contributed by atoms with Gasteiger partial charge in [0.15, 0.2) is 5.76 Å². The van der Waals surface area contributed by atoms with Gasteiger partial charge in [-0.3, -0.25) is 4.90 Å². The molecule has 1 N–H and O–H groups in total. The average Bonchev–Trinajstić information content (AvgIpc) is 3.49. The van der Waals surface area contributed by atoms with Crippen LogP contribution in [0, 0.1) is 5.92 Å². The Morgan fingerprint density at radius 1 is 1.08 bits per heavy atom. The van der Waals surface area contributed by atoms with E-state index in [1.165, 1.54) is 70.6 Å². The minimum Gasteiger partial charge on any atom is -0.493 e. The predicted octanol–water partition coefficient (Wildman–Crippen LogP) is 1.84. The van der Waals surface area contributed by atoms with Crippen LogP contribution < -0.4 is 5.32 Å². The number of nitrogens with zero attached hydrogens (tertiary/aromatic N) is 3. The van der Waals surface area contributed by atoms with E-state index in [1.807, 2.05) is 7.11 Å². The van der Waals surface area contributed by atoms with E-state index in [0.717, 1.165) is 37.4 Å². The van der Waals surface area contributed by atoms with Crippen LogP contribution in [0.3, 0.4) is 0 Å². The second-order valence-electron chi connectivity index (χ2n) is 8.00. The molecular weight excluding hydrogens is 312 g/mol. The maximum absolute atomic E-state index is 5.76. The lowest BCUT2D eigenvalue weighted by Gasteiger charge is -2.38. The molecule has 2 saturated heterocycles. The summed E-state index contributed by atoms with van der Waals surface area (Å²) in [6.45, 7) is 9.31. The van der Waals surface area contributed by atoms with Crippen molar-refractivity contribution in [3.63, 3.8) is 0 Å². The Balaban J connectivity index is 1.45. The number of hydrogen-bond donors (Lipinski definition) is 1. The summed E-state index contributed by atoms with van der Waals surface area (Å²) in [7, 11) is 1.82. The topological polar surface area (TPSA) is 31.0 Å². The zero-order valence-corrected chi connectivity index (χ0v) is 15.8. The first-order valence-corrected chi connectivity index (χ1v) is 10.2. The van der Waals surface area contributed by atoms with Crippen molar-refractivity contribution in [3.05, 3.63) is 23.7 Å². The monoisotopic (exact) mass is 346 g/mol. The van der Waals surface area contributed by atoms with Gasteiger partial charge in [0.1, 0.15) is 5.82 Å². The van der Waals surface area contributed by atoms with Crippen LogP contribution in [0.25, 0.3) is 0 Å². The van der Waals surface area contributed by atoms with E-state index in [-0.39, 0.29) is 0 Å². The first-order chi connectivity index (χ1) is 12.3. The highest BCUT2D eigenvalue weighted by molar-refractivity contribution is 5.24. The molecule has 0 unspecified atom stereocenters. The highest BCUT2D eigenvalue weighted by Gasteiger charge is 2.31. The molecule has 0 aromatic heterocycles. The molecule has 3 fully saturated rings. The van der Waals surface area contributed by atoms with Gasteiger partial charge in [-0.15, -0.1) is 0 Å². The first kappa shape index (κ1) is 17.2. The Morgan fingerprint density at radius 3 is 2.68 bits per heavy atom. The van der Waals surface area contributed by atoms with Gasteiger partial charge >= 0.3 is 0 Å². The fraction of sp³-hybridized carbons (Fsp3) is 0.800. The van der Waals surface area contributed by atoms with Crippen molar-refractivity contribution in [2.24, 2.45) is 5.92 Å². The molecule has 0 aromatic rings. The minimum atomic E-state index is 0.783. The maximum Gasteiger partial charge on any atom is 0.158 e. The Morgan fingerprint density at radius 2 is 1.92 bits per heavy atom. The molecule has 0 atom stereocenters. The number of methoxy groups -OCH3 is 1. The van der Waals surface area contributed by atoms with Gasteiger partial charge in [-0.05, 0) is 57.2 Å². The van der Waals surface area contributed by atoms with Crippen molar-refractivity contribution in [1.29, 1.82) is 0 Å². The van der Waals surface area contributed by atoms with E-state index in [2.05, 4.69) is 32.2 Å². The summed E-state index contributed by atoms with van der Waals surface area (Å²) >= 11 is 0. The van der Waals surface area contributed by atoms with Crippen molar-refractivity contribution in [2.75, 3.05) is 59.5 Å². The molecule has 0 bridgehead atoms. The van der Waals surface area contributed by atoms with Crippen LogP contribution in [0.1, 0.15) is 32.1 Å². The normalized spacial score (nSPS) is 26.9. The van der Waals surface area contributed by atoms with Gasteiger partial charge in [0, 0.05) is 45.3 Å². The molecule has 1 saturated carbocycles. The summed E-state index contributed by atoms with van der Waals surface area (Å²) < 4.78 is 5.76. The van der Waals surface area contributed by atoms with Gasteiger partial charge in [-0.25, -0.2) is 0 Å². The van der Waals surface area contributed by atoms with Crippen LogP contribution in [0.15, 0.2) is 23.7 Å². The number of rotatable bonds is 5. The van der Waals surface area contributed by atoms with Crippen molar-refractivity contribution >= 4 is 0 Å². The summed E-state index contributed by atoms with van der Waals surface area (Å²) in [5.74, 6) is 3.31. The molecule has 5 heteroatoms. The molecule has 0 spiro atoms. The Kier molecular flexibility index (Phi) is 5.51. The van der Waals surface area contributed by atoms with Gasteiger partial charge in [0.05, 0.1) is 7.11 Å². The first-order valence-electron chi connectivity index (χ1n) is 10.2. The standard InChI is InChI=1S/C20H34N4O/c1-25-19-4-2-11-24(16-17-5-6-17)20(19)23-13-3-12-22(14-15-23)18-7-9-21-10-8-18/h2,4,17-18,21H,3,5-16H2,1H3. The molecular formula is C20H34N4O. The van der Waals surface area contributed by atoms with E-state index in [4.69, 9.17) is 4.74 Å². The molecule has 3 heterocycles. The summed E-state index contributed by atoms with van der Waals surface area (Å²) in [5.41, 5.74) is 0. The third-order valence-corrected chi connectivity index (χ3v) is 6.17. The van der Waals surface area contributed by atoms with Crippen LogP contribution in [-0.4, -0.2) is 80.2 Å². The zero-order valence-electron chi connectivity index (χ0n) is 15.8. The van der Waals surface area contributed by atoms with E-state index >= 15 is 0 Å². The minimum absolute atomic E-state index is 0.783. The lowest BCUT2D eigenvalue weighted by Crippen LogP contribution is -2.45. The molecule has 140 valence electrons. The van der Waals surface area contributed by atoms with Crippen molar-refractivity contribution in [3.8, 4) is 0 Å². The quantitative estimate of drug-likeness (QED) is 0.821. The van der Waals surface area contributed by atoms with Gasteiger partial charge in [0.25, 0.3) is 0 Å². The second kappa shape index (κ2) is 8.00. The van der Waals surface area contributed by atoms with E-state index < -0.39 is 0 Å². The average molecular weight is 347 g/mol. The Labute approximate surface area is 152 Å². The summed E-state index contributed by atoms with van der Waals surface area (Å²) in [6, 6.07) is 0.783. The number of ether oxygens (including phenoxy) is 1. The molecule has 3 aliphatic heterocycles. The van der Waals surface area contributed by atoms with Crippen molar-refractivity contribution < 1.29 is 4.74 Å². The number of allylic oxidation sites excluding steroid dienone is 1.